The Kier molecular flexibility index (Phi) is 4.20. The van der Waals surface area contributed by atoms with Crippen molar-refractivity contribution in [2.24, 2.45) is 23.6 Å². The minimum atomic E-state index is -0.406. The minimum Gasteiger partial charge on any atom is -0.392 e. The quantitative estimate of drug-likeness (QED) is 0.897. The van der Waals surface area contributed by atoms with Gasteiger partial charge in [-0.1, -0.05) is 32.4 Å². The van der Waals surface area contributed by atoms with E-state index in [1.807, 2.05) is 18.7 Å². The smallest absolute Gasteiger partial charge is 0.0849 e. The summed E-state index contributed by atoms with van der Waals surface area (Å²) in [7, 11) is 1.91. The van der Waals surface area contributed by atoms with Gasteiger partial charge in [-0.05, 0) is 24.7 Å². The van der Waals surface area contributed by atoms with Crippen LogP contribution in [0.25, 0.3) is 0 Å². The van der Waals surface area contributed by atoms with Crippen molar-refractivity contribution < 1.29 is 5.11 Å². The number of nitrogens with zero attached hydrogens (tertiary/aromatic N) is 2. The summed E-state index contributed by atoms with van der Waals surface area (Å²) in [6, 6.07) is 0. The van der Waals surface area contributed by atoms with Gasteiger partial charge in [-0.25, -0.2) is 0 Å². The number of aromatic nitrogens is 2. The second kappa shape index (κ2) is 5.32. The van der Waals surface area contributed by atoms with Gasteiger partial charge in [0.25, 0.3) is 0 Å². The highest BCUT2D eigenvalue weighted by atomic mass is 35.5. The number of halogens is 1. The third-order valence-electron chi connectivity index (χ3n) is 5.02. The molecule has 0 aromatic carbocycles. The molecule has 1 fully saturated rings. The molecule has 5 heteroatoms. The van der Waals surface area contributed by atoms with Crippen LogP contribution in [0.5, 0.6) is 0 Å². The van der Waals surface area contributed by atoms with Gasteiger partial charge >= 0.3 is 0 Å². The number of aliphatic hydroxyl groups excluding tert-OH is 1. The molecule has 3 N–H and O–H groups in total. The number of aryl methyl sites for hydroxylation is 2. The normalized spacial score (nSPS) is 29.1. The molecule has 0 spiro atoms. The summed E-state index contributed by atoms with van der Waals surface area (Å²) < 4.78 is 1.84. The molecular formula is C15H26ClN3O. The molecule has 1 saturated carbocycles. The second-order valence-corrected chi connectivity index (χ2v) is 7.20. The zero-order valence-corrected chi connectivity index (χ0v) is 13.7. The molecule has 0 radical (unpaired) electrons. The maximum Gasteiger partial charge on any atom is 0.0849 e. The van der Waals surface area contributed by atoms with Crippen molar-refractivity contribution in [1.29, 1.82) is 0 Å². The van der Waals surface area contributed by atoms with Crippen LogP contribution in [0.2, 0.25) is 5.02 Å². The van der Waals surface area contributed by atoms with Crippen LogP contribution >= 0.6 is 11.6 Å². The zero-order valence-electron chi connectivity index (χ0n) is 12.9. The highest BCUT2D eigenvalue weighted by Gasteiger charge is 2.51. The summed E-state index contributed by atoms with van der Waals surface area (Å²) in [5, 5.41) is 15.9. The SMILES string of the molecule is CCc1nn(C)c(CC2(CN)CCC(C)(C)C2O)c1Cl. The van der Waals surface area contributed by atoms with Crippen LogP contribution in [0.1, 0.15) is 45.0 Å². The molecule has 1 aliphatic rings. The maximum absolute atomic E-state index is 10.7. The monoisotopic (exact) mass is 299 g/mol. The predicted octanol–water partition coefficient (Wildman–Crippen LogP) is 2.30. The Morgan fingerprint density at radius 2 is 2.10 bits per heavy atom. The number of hydrogen-bond donors (Lipinski definition) is 2. The first kappa shape index (κ1) is 15.8. The summed E-state index contributed by atoms with van der Waals surface area (Å²) in [6.45, 7) is 6.74. The van der Waals surface area contributed by atoms with E-state index < -0.39 is 6.10 Å². The molecule has 114 valence electrons. The summed E-state index contributed by atoms with van der Waals surface area (Å²) in [5.74, 6) is 0. The van der Waals surface area contributed by atoms with Gasteiger partial charge in [-0.15, -0.1) is 0 Å². The summed E-state index contributed by atoms with van der Waals surface area (Å²) in [6.07, 6.45) is 3.02. The van der Waals surface area contributed by atoms with Crippen molar-refractivity contribution in [3.05, 3.63) is 16.4 Å². The summed E-state index contributed by atoms with van der Waals surface area (Å²) in [4.78, 5) is 0. The Morgan fingerprint density at radius 1 is 1.45 bits per heavy atom. The van der Waals surface area contributed by atoms with Gasteiger partial charge in [0, 0.05) is 25.4 Å². The Balaban J connectivity index is 2.35. The van der Waals surface area contributed by atoms with E-state index in [9.17, 15) is 5.11 Å². The molecule has 4 nitrogen and oxygen atoms in total. The van der Waals surface area contributed by atoms with Crippen LogP contribution in [0.4, 0.5) is 0 Å². The van der Waals surface area contributed by atoms with Gasteiger partial charge < -0.3 is 10.8 Å². The van der Waals surface area contributed by atoms with E-state index in [-0.39, 0.29) is 10.8 Å². The highest BCUT2D eigenvalue weighted by Crippen LogP contribution is 2.50. The lowest BCUT2D eigenvalue weighted by Gasteiger charge is -2.36. The first-order valence-corrected chi connectivity index (χ1v) is 7.73. The minimum absolute atomic E-state index is 0.0853. The molecular weight excluding hydrogens is 274 g/mol. The molecule has 2 unspecified atom stereocenters. The largest absolute Gasteiger partial charge is 0.392 e. The molecule has 1 aromatic heterocycles. The van der Waals surface area contributed by atoms with E-state index in [1.54, 1.807) is 0 Å². The molecule has 0 aliphatic heterocycles. The van der Waals surface area contributed by atoms with E-state index >= 15 is 0 Å². The first-order valence-electron chi connectivity index (χ1n) is 7.36. The lowest BCUT2D eigenvalue weighted by molar-refractivity contribution is -0.00544. The molecule has 0 saturated heterocycles. The Labute approximate surface area is 126 Å². The molecule has 1 heterocycles. The van der Waals surface area contributed by atoms with E-state index in [0.717, 1.165) is 35.7 Å². The molecule has 20 heavy (non-hydrogen) atoms. The third-order valence-corrected chi connectivity index (χ3v) is 5.45. The lowest BCUT2D eigenvalue weighted by Crippen LogP contribution is -2.44. The summed E-state index contributed by atoms with van der Waals surface area (Å²) in [5.41, 5.74) is 7.57. The second-order valence-electron chi connectivity index (χ2n) is 6.82. The molecule has 0 bridgehead atoms. The Bertz CT molecular complexity index is 498. The molecule has 0 amide bonds. The van der Waals surface area contributed by atoms with Crippen LogP contribution in [-0.2, 0) is 19.9 Å². The fraction of sp³-hybridized carbons (Fsp3) is 0.800. The molecule has 1 aliphatic carbocycles. The molecule has 2 atom stereocenters. The standard InChI is InChI=1S/C15H26ClN3O/c1-5-10-12(16)11(19(4)18-10)8-15(9-17)7-6-14(2,3)13(15)20/h13,20H,5-9,17H2,1-4H3. The predicted molar refractivity (Wildman–Crippen MR) is 81.8 cm³/mol. The van der Waals surface area contributed by atoms with Crippen LogP contribution in [0.15, 0.2) is 0 Å². The van der Waals surface area contributed by atoms with Crippen LogP contribution < -0.4 is 5.73 Å². The van der Waals surface area contributed by atoms with Gasteiger partial charge in [0.1, 0.15) is 0 Å². The van der Waals surface area contributed by atoms with Crippen molar-refractivity contribution in [3.63, 3.8) is 0 Å². The number of hydrogen-bond acceptors (Lipinski definition) is 3. The number of aliphatic hydroxyl groups is 1. The van der Waals surface area contributed by atoms with Crippen molar-refractivity contribution in [2.45, 2.75) is 52.6 Å². The molecule has 2 rings (SSSR count). The topological polar surface area (TPSA) is 64.1 Å². The van der Waals surface area contributed by atoms with E-state index in [4.69, 9.17) is 17.3 Å². The van der Waals surface area contributed by atoms with Gasteiger partial charge in [0.05, 0.1) is 22.5 Å². The third kappa shape index (κ3) is 2.38. The van der Waals surface area contributed by atoms with Crippen molar-refractivity contribution in [2.75, 3.05) is 6.54 Å². The van der Waals surface area contributed by atoms with E-state index in [0.29, 0.717) is 13.0 Å². The van der Waals surface area contributed by atoms with Crippen LogP contribution in [0, 0.1) is 10.8 Å². The van der Waals surface area contributed by atoms with Crippen LogP contribution in [0.3, 0.4) is 0 Å². The fourth-order valence-electron chi connectivity index (χ4n) is 3.49. The maximum atomic E-state index is 10.7. The number of rotatable bonds is 4. The van der Waals surface area contributed by atoms with Gasteiger partial charge in [0.15, 0.2) is 0 Å². The highest BCUT2D eigenvalue weighted by molar-refractivity contribution is 6.31. The van der Waals surface area contributed by atoms with Gasteiger partial charge in [0.2, 0.25) is 0 Å². The Hall–Kier alpha value is -0.580. The van der Waals surface area contributed by atoms with Gasteiger partial charge in [-0.3, -0.25) is 4.68 Å². The van der Waals surface area contributed by atoms with E-state index in [2.05, 4.69) is 18.9 Å². The average Bonchev–Trinajstić information content (AvgIpc) is 2.81. The van der Waals surface area contributed by atoms with Crippen molar-refractivity contribution >= 4 is 11.6 Å². The lowest BCUT2D eigenvalue weighted by atomic mass is 9.75. The van der Waals surface area contributed by atoms with Crippen molar-refractivity contribution in [1.82, 2.24) is 9.78 Å². The van der Waals surface area contributed by atoms with Crippen molar-refractivity contribution in [3.8, 4) is 0 Å². The molecule has 1 aromatic rings. The van der Waals surface area contributed by atoms with Gasteiger partial charge in [-0.2, -0.15) is 5.10 Å². The first-order chi connectivity index (χ1) is 9.27. The number of nitrogens with two attached hydrogens (primary N) is 1. The zero-order chi connectivity index (χ0) is 15.1. The average molecular weight is 300 g/mol. The van der Waals surface area contributed by atoms with Crippen LogP contribution in [-0.4, -0.2) is 27.5 Å². The van der Waals surface area contributed by atoms with E-state index in [1.165, 1.54) is 0 Å². The fourth-order valence-corrected chi connectivity index (χ4v) is 3.85. The Morgan fingerprint density at radius 3 is 2.50 bits per heavy atom. The summed E-state index contributed by atoms with van der Waals surface area (Å²) >= 11 is 6.44.